The molecule has 11 rings (SSSR count). The first-order valence-corrected chi connectivity index (χ1v) is 31.2. The zero-order valence-corrected chi connectivity index (χ0v) is 49.5. The number of benzene rings is 2. The van der Waals surface area contributed by atoms with Crippen LogP contribution in [0.3, 0.4) is 0 Å². The monoisotopic (exact) mass is 1260 g/mol. The average molecular weight is 1260 g/mol. The van der Waals surface area contributed by atoms with Gasteiger partial charge in [0.05, 0.1) is 41.4 Å². The second-order valence-corrected chi connectivity index (χ2v) is 25.5. The molecule has 434 valence electrons. The zero-order valence-electron chi connectivity index (χ0n) is 44.6. The van der Waals surface area contributed by atoms with Gasteiger partial charge in [-0.3, -0.25) is 28.8 Å². The number of pyridine rings is 1. The number of ketones is 1. The quantitative estimate of drug-likeness (QED) is 0.0683. The number of aromatic nitrogens is 7. The van der Waals surface area contributed by atoms with Crippen molar-refractivity contribution in [1.29, 1.82) is 0 Å². The molecule has 10 bridgehead atoms. The molecule has 9 heterocycles. The molecule has 0 spiro atoms. The van der Waals surface area contributed by atoms with E-state index in [1.807, 2.05) is 0 Å². The van der Waals surface area contributed by atoms with E-state index in [2.05, 4.69) is 25.6 Å². The predicted molar refractivity (Wildman–Crippen MR) is 317 cm³/mol. The lowest BCUT2D eigenvalue weighted by molar-refractivity contribution is -0.139. The summed E-state index contributed by atoms with van der Waals surface area (Å²) >= 11 is 6.92. The van der Waals surface area contributed by atoms with E-state index in [-0.39, 0.29) is 64.3 Å². The molecular formula is C56H48N12O11S6. The Balaban J connectivity index is 1.01. The van der Waals surface area contributed by atoms with Gasteiger partial charge in [-0.1, -0.05) is 49.4 Å². The molecule has 5 amide bonds. The molecule has 1 saturated heterocycles. The van der Waals surface area contributed by atoms with Gasteiger partial charge in [-0.2, -0.15) is 0 Å². The van der Waals surface area contributed by atoms with Crippen molar-refractivity contribution in [1.82, 2.24) is 50.4 Å². The fraction of sp³-hybridized carbons (Fsp3) is 0.250. The molecule has 85 heavy (non-hydrogen) atoms. The Kier molecular flexibility index (Phi) is 16.9. The standard InChI is InChI=1S/C56H48N12O11S6/c1-24-40(70)17-68-45(24)55-66-38(23-84-55)53-62-34(19-82-53)44-29(12-13-31(59-44)52-63-35(20-83-52)47(58)75)50-64-36(21-80-50)48(76)60-32(16-41(57)71)54-67-43(25(2)85-54)39(69)15-30(46(74)27-6-4-3-5-7-27)51-65-37(22-81-51)49(77)61-33(56(68)78)14-26-8-10-28(11-9-26)79-18-42(72)73/h3-13,19-24,30,32-33,40,45-46,70,74H,14-18H2,1-2H3,(H2,57,71)(H2,58,75)(H,60,76)(H,61,77)(H,72,73)/t24-,30-,32-,33-,40-,45-,46+/m0/s1. The second-order valence-electron chi connectivity index (χ2n) is 19.9. The molecule has 23 nitrogen and oxygen atoms in total. The van der Waals surface area contributed by atoms with E-state index in [4.69, 9.17) is 36.1 Å². The SMILES string of the molecule is Cc1sc2nc1C(=O)C[C@@H]([C@H](O)c1ccccc1)c1nc(cs1)C(=O)N[C@@H](Cc1ccc(OCC(=O)O)cc1)C(=O)N1C[C@H](O)[C@H](C)[C@H]1c1nc(cs1)-c1nc(cs1)-c1nc(-c3nc(C(N)=O)cs3)ccc1-c1nc(cs1)C(=O)N[C@H]2CC(N)=O. The number of carboxylic acids is 1. The molecule has 0 aliphatic carbocycles. The molecule has 9 N–H and O–H groups in total. The van der Waals surface area contributed by atoms with Crippen LogP contribution in [-0.4, -0.2) is 122 Å². The van der Waals surface area contributed by atoms with Crippen molar-refractivity contribution in [2.45, 2.75) is 69.4 Å². The summed E-state index contributed by atoms with van der Waals surface area (Å²) in [4.78, 5) is 130. The van der Waals surface area contributed by atoms with Crippen LogP contribution in [0.4, 0.5) is 0 Å². The number of aliphatic carboxylic acids is 1. The summed E-state index contributed by atoms with van der Waals surface area (Å²) in [5, 5.41) is 48.7. The number of aryl methyl sites for hydroxylation is 1. The van der Waals surface area contributed by atoms with Crippen LogP contribution in [0.15, 0.2) is 93.6 Å². The molecule has 0 unspecified atom stereocenters. The molecule has 7 aromatic heterocycles. The van der Waals surface area contributed by atoms with Crippen molar-refractivity contribution in [3.63, 3.8) is 0 Å². The summed E-state index contributed by atoms with van der Waals surface area (Å²) in [6.07, 6.45) is -3.13. The number of hydrogen-bond donors (Lipinski definition) is 7. The van der Waals surface area contributed by atoms with E-state index < -0.39 is 90.1 Å². The first-order chi connectivity index (χ1) is 40.8. The van der Waals surface area contributed by atoms with Crippen LogP contribution in [0.1, 0.15) is 117 Å². The number of nitrogens with one attached hydrogen (secondary N) is 2. The van der Waals surface area contributed by atoms with Crippen LogP contribution in [0.5, 0.6) is 5.75 Å². The van der Waals surface area contributed by atoms with E-state index in [9.17, 15) is 44.1 Å². The number of nitrogens with two attached hydrogens (primary N) is 2. The lowest BCUT2D eigenvalue weighted by Gasteiger charge is -2.29. The first-order valence-electron chi connectivity index (χ1n) is 26.0. The predicted octanol–water partition coefficient (Wildman–Crippen LogP) is 7.03. The van der Waals surface area contributed by atoms with E-state index in [0.717, 1.165) is 45.3 Å². The van der Waals surface area contributed by atoms with E-state index >= 15 is 4.79 Å². The minimum absolute atomic E-state index is 0.0112. The van der Waals surface area contributed by atoms with Gasteiger partial charge in [0.25, 0.3) is 17.7 Å². The number of Topliss-reactive ketones (excluding diaryl/α,β-unsaturated/α-hetero) is 1. The van der Waals surface area contributed by atoms with Gasteiger partial charge in [0, 0.05) is 68.6 Å². The van der Waals surface area contributed by atoms with Crippen molar-refractivity contribution in [2.75, 3.05) is 13.2 Å². The van der Waals surface area contributed by atoms with Gasteiger partial charge < -0.3 is 47.1 Å². The molecule has 29 heteroatoms. The van der Waals surface area contributed by atoms with Gasteiger partial charge >= 0.3 is 5.97 Å². The lowest BCUT2D eigenvalue weighted by atomic mass is 9.90. The van der Waals surface area contributed by atoms with Gasteiger partial charge in [0.1, 0.15) is 76.7 Å². The zero-order chi connectivity index (χ0) is 59.8. The largest absolute Gasteiger partial charge is 0.482 e. The van der Waals surface area contributed by atoms with Crippen molar-refractivity contribution in [3.8, 4) is 49.1 Å². The molecule has 2 aromatic carbocycles. The Morgan fingerprint density at radius 1 is 0.706 bits per heavy atom. The summed E-state index contributed by atoms with van der Waals surface area (Å²) in [6.45, 7) is 2.77. The minimum atomic E-state index is -1.32. The molecule has 7 atom stereocenters. The average Bonchev–Trinajstić information content (AvgIpc) is 3.84. The van der Waals surface area contributed by atoms with Crippen LogP contribution < -0.4 is 26.8 Å². The maximum atomic E-state index is 15.2. The van der Waals surface area contributed by atoms with E-state index in [0.29, 0.717) is 64.4 Å². The van der Waals surface area contributed by atoms with Gasteiger partial charge in [0.15, 0.2) is 12.4 Å². The van der Waals surface area contributed by atoms with Crippen LogP contribution in [0, 0.1) is 12.8 Å². The van der Waals surface area contributed by atoms with Crippen molar-refractivity contribution >= 4 is 109 Å². The smallest absolute Gasteiger partial charge is 0.341 e. The molecule has 0 saturated carbocycles. The van der Waals surface area contributed by atoms with Gasteiger partial charge in [-0.05, 0) is 42.3 Å². The number of aliphatic hydroxyl groups is 2. The van der Waals surface area contributed by atoms with Crippen LogP contribution in [-0.2, 0) is 20.8 Å². The number of carboxylic acid groups (broad SMARTS) is 1. The fourth-order valence-electron chi connectivity index (χ4n) is 9.80. The Labute approximate surface area is 506 Å². The third kappa shape index (κ3) is 12.5. The number of amides is 5. The maximum absolute atomic E-state index is 15.2. The van der Waals surface area contributed by atoms with E-state index in [1.54, 1.807) is 91.3 Å². The third-order valence-corrected chi connectivity index (χ3v) is 19.7. The first kappa shape index (κ1) is 58.4. The number of primary amides is 2. The summed E-state index contributed by atoms with van der Waals surface area (Å²) in [7, 11) is 0. The fourth-order valence-corrected chi connectivity index (χ4v) is 15.2. The summed E-state index contributed by atoms with van der Waals surface area (Å²) in [5.74, 6) is -6.46. The Morgan fingerprint density at radius 3 is 2.08 bits per heavy atom. The highest BCUT2D eigenvalue weighted by Gasteiger charge is 2.45. The minimum Gasteiger partial charge on any atom is -0.482 e. The van der Waals surface area contributed by atoms with Crippen LogP contribution in [0.2, 0.25) is 0 Å². The number of ether oxygens (including phenoxy) is 1. The number of carbonyl (C=O) groups is 7. The Bertz CT molecular complexity index is 4040. The maximum Gasteiger partial charge on any atom is 0.341 e. The summed E-state index contributed by atoms with van der Waals surface area (Å²) < 4.78 is 5.35. The highest BCUT2D eigenvalue weighted by molar-refractivity contribution is 7.15. The molecular weight excluding hydrogens is 1210 g/mol. The normalized spacial score (nSPS) is 19.6. The number of aliphatic hydroxyl groups excluding tert-OH is 2. The van der Waals surface area contributed by atoms with Gasteiger partial charge in [-0.25, -0.2) is 39.7 Å². The van der Waals surface area contributed by atoms with Crippen LogP contribution in [0.25, 0.3) is 43.4 Å². The number of nitrogens with zero attached hydrogens (tertiary/aromatic N) is 8. The van der Waals surface area contributed by atoms with Gasteiger partial charge in [-0.15, -0.1) is 68.0 Å². The number of rotatable bonds is 11. The van der Waals surface area contributed by atoms with Crippen molar-refractivity contribution in [2.24, 2.45) is 17.4 Å². The summed E-state index contributed by atoms with van der Waals surface area (Å²) in [5.41, 5.74) is 14.3. The highest BCUT2D eigenvalue weighted by atomic mass is 32.1. The Morgan fingerprint density at radius 2 is 1.35 bits per heavy atom. The molecule has 9 aromatic rings. The van der Waals surface area contributed by atoms with Gasteiger partial charge in [0.2, 0.25) is 11.8 Å². The number of fused-ring (bicyclic) bond motifs is 16. The Hall–Kier alpha value is -8.42. The molecule has 1 fully saturated rings. The van der Waals surface area contributed by atoms with E-state index in [1.165, 1.54) is 43.7 Å². The van der Waals surface area contributed by atoms with Crippen molar-refractivity contribution < 1.29 is 53.6 Å². The second kappa shape index (κ2) is 24.7. The lowest BCUT2D eigenvalue weighted by Crippen LogP contribution is -2.50. The topological polar surface area (TPSA) is 359 Å². The highest BCUT2D eigenvalue weighted by Crippen LogP contribution is 2.43. The number of thiazole rings is 6. The third-order valence-electron chi connectivity index (χ3n) is 14.1. The molecule has 2 aliphatic heterocycles. The molecule has 2 aliphatic rings. The number of carbonyl (C=O) groups excluding carboxylic acids is 6. The molecule has 0 radical (unpaired) electrons. The van der Waals surface area contributed by atoms with Crippen LogP contribution >= 0.6 is 68.0 Å². The number of hydrogen-bond acceptors (Lipinski definition) is 23. The van der Waals surface area contributed by atoms with Crippen molar-refractivity contribution in [3.05, 3.63) is 147 Å². The summed E-state index contributed by atoms with van der Waals surface area (Å²) in [6, 6.07) is 15.3.